The van der Waals surface area contributed by atoms with E-state index in [9.17, 15) is 0 Å². The van der Waals surface area contributed by atoms with Crippen LogP contribution in [0.15, 0.2) is 12.4 Å². The normalized spacial score (nSPS) is 9.62. The number of aromatic amines is 1. The van der Waals surface area contributed by atoms with Gasteiger partial charge in [0.25, 0.3) is 0 Å². The van der Waals surface area contributed by atoms with E-state index in [1.807, 2.05) is 6.20 Å². The Bertz CT molecular complexity index is 136. The van der Waals surface area contributed by atoms with Gasteiger partial charge in [-0.1, -0.05) is 0 Å². The molecule has 0 radical (unpaired) electrons. The largest absolute Gasteiger partial charge is 0.285 e. The summed E-state index contributed by atoms with van der Waals surface area (Å²) < 4.78 is 0. The molecule has 2 nitrogen and oxygen atoms in total. The lowest BCUT2D eigenvalue weighted by atomic mass is 10.3. The van der Waals surface area contributed by atoms with Crippen molar-refractivity contribution in [2.24, 2.45) is 0 Å². The van der Waals surface area contributed by atoms with Crippen molar-refractivity contribution in [3.63, 3.8) is 0 Å². The number of alkyl halides is 1. The van der Waals surface area contributed by atoms with Crippen LogP contribution in [0, 0.1) is 0 Å². The lowest BCUT2D eigenvalue weighted by molar-refractivity contribution is 1.09. The van der Waals surface area contributed by atoms with Crippen LogP contribution in [0.4, 0.5) is 0 Å². The first-order chi connectivity index (χ1) is 3.93. The fraction of sp³-hybridized carbons (Fsp3) is 0.400. The molecule has 1 N–H and O–H groups in total. The van der Waals surface area contributed by atoms with E-state index in [2.05, 4.69) is 10.2 Å². The van der Waals surface area contributed by atoms with Gasteiger partial charge < -0.3 is 0 Å². The highest BCUT2D eigenvalue weighted by atomic mass is 35.5. The predicted molar refractivity (Wildman–Crippen MR) is 33.0 cm³/mol. The number of hydrogen-bond donors (Lipinski definition) is 1. The minimum absolute atomic E-state index is 0.666. The van der Waals surface area contributed by atoms with Crippen LogP contribution in [-0.2, 0) is 6.42 Å². The molecule has 3 heteroatoms. The Balaban J connectivity index is 2.50. The molecule has 0 saturated heterocycles. The standard InChI is InChI=1S/C5H7ClN2/c6-2-1-5-3-7-8-4-5/h3-4H,1-2H2,(H,7,8). The van der Waals surface area contributed by atoms with Gasteiger partial charge in [0.2, 0.25) is 0 Å². The summed E-state index contributed by atoms with van der Waals surface area (Å²) in [4.78, 5) is 0. The zero-order chi connectivity index (χ0) is 5.82. The minimum atomic E-state index is 0.666. The Morgan fingerprint density at radius 3 is 3.12 bits per heavy atom. The molecule has 0 aliphatic heterocycles. The third kappa shape index (κ3) is 1.23. The van der Waals surface area contributed by atoms with E-state index in [1.54, 1.807) is 6.20 Å². The van der Waals surface area contributed by atoms with Crippen molar-refractivity contribution in [3.8, 4) is 0 Å². The smallest absolute Gasteiger partial charge is 0.0519 e. The van der Waals surface area contributed by atoms with Gasteiger partial charge in [0.15, 0.2) is 0 Å². The number of nitrogens with zero attached hydrogens (tertiary/aromatic N) is 1. The predicted octanol–water partition coefficient (Wildman–Crippen LogP) is 1.19. The molecule has 1 aromatic rings. The molecular weight excluding hydrogens is 124 g/mol. The first-order valence-corrected chi connectivity index (χ1v) is 3.00. The van der Waals surface area contributed by atoms with Crippen LogP contribution in [-0.4, -0.2) is 16.1 Å². The van der Waals surface area contributed by atoms with E-state index in [0.29, 0.717) is 5.88 Å². The zero-order valence-electron chi connectivity index (χ0n) is 4.39. The number of rotatable bonds is 2. The fourth-order valence-electron chi connectivity index (χ4n) is 0.523. The van der Waals surface area contributed by atoms with E-state index < -0.39 is 0 Å². The average molecular weight is 131 g/mol. The van der Waals surface area contributed by atoms with Crippen LogP contribution in [0.1, 0.15) is 5.56 Å². The van der Waals surface area contributed by atoms with Crippen molar-refractivity contribution in [2.75, 3.05) is 5.88 Å². The summed E-state index contributed by atoms with van der Waals surface area (Å²) in [5, 5.41) is 6.46. The van der Waals surface area contributed by atoms with Gasteiger partial charge in [-0.25, -0.2) is 0 Å². The second kappa shape index (κ2) is 2.72. The third-order valence-corrected chi connectivity index (χ3v) is 1.13. The number of aryl methyl sites for hydroxylation is 1. The van der Waals surface area contributed by atoms with E-state index in [-0.39, 0.29) is 0 Å². The maximum atomic E-state index is 5.45. The van der Waals surface area contributed by atoms with Crippen LogP contribution in [0.5, 0.6) is 0 Å². The van der Waals surface area contributed by atoms with E-state index in [0.717, 1.165) is 6.42 Å². The monoisotopic (exact) mass is 130 g/mol. The van der Waals surface area contributed by atoms with E-state index >= 15 is 0 Å². The number of nitrogens with one attached hydrogen (secondary N) is 1. The molecule has 0 aromatic carbocycles. The average Bonchev–Trinajstić information content (AvgIpc) is 2.19. The molecule has 44 valence electrons. The van der Waals surface area contributed by atoms with Crippen LogP contribution in [0.25, 0.3) is 0 Å². The highest BCUT2D eigenvalue weighted by Gasteiger charge is 1.88. The van der Waals surface area contributed by atoms with Crippen molar-refractivity contribution in [2.45, 2.75) is 6.42 Å². The summed E-state index contributed by atoms with van der Waals surface area (Å²) in [5.41, 5.74) is 1.17. The van der Waals surface area contributed by atoms with Crippen LogP contribution in [0.2, 0.25) is 0 Å². The quantitative estimate of drug-likeness (QED) is 0.599. The molecule has 1 rings (SSSR count). The Morgan fingerprint density at radius 1 is 1.75 bits per heavy atom. The summed E-state index contributed by atoms with van der Waals surface area (Å²) in [6, 6.07) is 0. The number of aromatic nitrogens is 2. The molecule has 0 bridgehead atoms. The van der Waals surface area contributed by atoms with Crippen molar-refractivity contribution in [1.29, 1.82) is 0 Å². The molecule has 0 aliphatic rings. The molecular formula is C5H7ClN2. The molecule has 0 aliphatic carbocycles. The summed E-state index contributed by atoms with van der Waals surface area (Å²) in [7, 11) is 0. The number of H-pyrrole nitrogens is 1. The summed E-state index contributed by atoms with van der Waals surface area (Å²) in [6.45, 7) is 0. The lowest BCUT2D eigenvalue weighted by Crippen LogP contribution is -1.79. The molecule has 0 atom stereocenters. The van der Waals surface area contributed by atoms with Gasteiger partial charge in [0, 0.05) is 12.1 Å². The highest BCUT2D eigenvalue weighted by molar-refractivity contribution is 6.17. The van der Waals surface area contributed by atoms with E-state index in [1.165, 1.54) is 5.56 Å². The maximum absolute atomic E-state index is 5.45. The van der Waals surface area contributed by atoms with Crippen molar-refractivity contribution < 1.29 is 0 Å². The Kier molecular flexibility index (Phi) is 1.92. The topological polar surface area (TPSA) is 28.7 Å². The molecule has 0 amide bonds. The Hall–Kier alpha value is -0.500. The van der Waals surface area contributed by atoms with Crippen molar-refractivity contribution in [1.82, 2.24) is 10.2 Å². The fourth-order valence-corrected chi connectivity index (χ4v) is 0.742. The van der Waals surface area contributed by atoms with Gasteiger partial charge in [0.05, 0.1) is 6.20 Å². The van der Waals surface area contributed by atoms with Gasteiger partial charge in [0.1, 0.15) is 0 Å². The molecule has 0 spiro atoms. The number of hydrogen-bond acceptors (Lipinski definition) is 1. The molecule has 0 fully saturated rings. The van der Waals surface area contributed by atoms with Gasteiger partial charge in [-0.15, -0.1) is 11.6 Å². The summed E-state index contributed by atoms with van der Waals surface area (Å²) in [6.07, 6.45) is 4.53. The first-order valence-electron chi connectivity index (χ1n) is 2.47. The van der Waals surface area contributed by atoms with Gasteiger partial charge in [-0.05, 0) is 12.0 Å². The first kappa shape index (κ1) is 5.63. The summed E-state index contributed by atoms with van der Waals surface area (Å²) in [5.74, 6) is 0.666. The SMILES string of the molecule is ClCCc1cn[nH]c1. The Morgan fingerprint density at radius 2 is 2.62 bits per heavy atom. The van der Waals surface area contributed by atoms with Crippen LogP contribution < -0.4 is 0 Å². The second-order valence-electron chi connectivity index (χ2n) is 1.55. The van der Waals surface area contributed by atoms with Crippen LogP contribution in [0.3, 0.4) is 0 Å². The highest BCUT2D eigenvalue weighted by Crippen LogP contribution is 1.95. The lowest BCUT2D eigenvalue weighted by Gasteiger charge is -1.83. The zero-order valence-corrected chi connectivity index (χ0v) is 5.15. The molecule has 0 unspecified atom stereocenters. The second-order valence-corrected chi connectivity index (χ2v) is 1.92. The maximum Gasteiger partial charge on any atom is 0.0519 e. The molecule has 1 heterocycles. The molecule has 1 aromatic heterocycles. The summed E-state index contributed by atoms with van der Waals surface area (Å²) >= 11 is 5.45. The van der Waals surface area contributed by atoms with Crippen LogP contribution >= 0.6 is 11.6 Å². The molecule has 0 saturated carbocycles. The van der Waals surface area contributed by atoms with Crippen molar-refractivity contribution >= 4 is 11.6 Å². The van der Waals surface area contributed by atoms with Gasteiger partial charge in [-0.3, -0.25) is 5.10 Å². The van der Waals surface area contributed by atoms with Crippen molar-refractivity contribution in [3.05, 3.63) is 18.0 Å². The minimum Gasteiger partial charge on any atom is -0.285 e. The third-order valence-electron chi connectivity index (χ3n) is 0.938. The van der Waals surface area contributed by atoms with Gasteiger partial charge in [-0.2, -0.15) is 5.10 Å². The van der Waals surface area contributed by atoms with E-state index in [4.69, 9.17) is 11.6 Å². The number of halogens is 1. The Labute approximate surface area is 52.9 Å². The molecule has 8 heavy (non-hydrogen) atoms. The van der Waals surface area contributed by atoms with Gasteiger partial charge >= 0.3 is 0 Å².